The number of thioether (sulfide) groups is 1. The first-order valence-electron chi connectivity index (χ1n) is 6.42. The summed E-state index contributed by atoms with van der Waals surface area (Å²) in [4.78, 5) is 2.81. The van der Waals surface area contributed by atoms with Gasteiger partial charge in [0, 0.05) is 10.5 Å². The standard InChI is InChI=1S/C15H13ClN4S/c1-21-12-8-6-11(7-9-12)10-20-18-15(17-19-20)13-4-2-3-5-14(13)16/h2-9H,10H2,1H3. The highest BCUT2D eigenvalue weighted by Crippen LogP contribution is 2.23. The Hall–Kier alpha value is -1.85. The molecule has 21 heavy (non-hydrogen) atoms. The van der Waals surface area contributed by atoms with Crippen LogP contribution >= 0.6 is 23.4 Å². The van der Waals surface area contributed by atoms with Crippen LogP contribution in [0.15, 0.2) is 53.4 Å². The summed E-state index contributed by atoms with van der Waals surface area (Å²) in [6, 6.07) is 15.8. The molecule has 0 aliphatic rings. The summed E-state index contributed by atoms with van der Waals surface area (Å²) in [5, 5.41) is 13.2. The lowest BCUT2D eigenvalue weighted by atomic mass is 10.2. The maximum absolute atomic E-state index is 6.14. The van der Waals surface area contributed by atoms with Crippen LogP contribution in [-0.4, -0.2) is 26.5 Å². The Morgan fingerprint density at radius 3 is 2.57 bits per heavy atom. The molecule has 106 valence electrons. The topological polar surface area (TPSA) is 43.6 Å². The fraction of sp³-hybridized carbons (Fsp3) is 0.133. The molecule has 0 fully saturated rings. The Balaban J connectivity index is 1.80. The molecule has 0 saturated heterocycles. The van der Waals surface area contributed by atoms with Crippen LogP contribution in [0.25, 0.3) is 11.4 Å². The largest absolute Gasteiger partial charge is 0.206 e. The predicted octanol–water partition coefficient (Wildman–Crippen LogP) is 3.76. The third kappa shape index (κ3) is 3.25. The molecule has 6 heteroatoms. The molecule has 0 spiro atoms. The van der Waals surface area contributed by atoms with E-state index >= 15 is 0 Å². The number of hydrogen-bond donors (Lipinski definition) is 0. The smallest absolute Gasteiger partial charge is 0.159 e. The SMILES string of the molecule is CSc1ccc(Cn2nnc(-c3ccccc3Cl)n2)cc1. The van der Waals surface area contributed by atoms with Crippen molar-refractivity contribution < 1.29 is 0 Å². The summed E-state index contributed by atoms with van der Waals surface area (Å²) in [5.74, 6) is 0.543. The molecule has 3 aromatic rings. The monoisotopic (exact) mass is 316 g/mol. The van der Waals surface area contributed by atoms with Gasteiger partial charge in [-0.3, -0.25) is 0 Å². The van der Waals surface area contributed by atoms with E-state index in [2.05, 4.69) is 45.9 Å². The van der Waals surface area contributed by atoms with Gasteiger partial charge in [-0.2, -0.15) is 4.80 Å². The van der Waals surface area contributed by atoms with E-state index in [0.29, 0.717) is 17.4 Å². The van der Waals surface area contributed by atoms with Crippen molar-refractivity contribution in [1.29, 1.82) is 0 Å². The summed E-state index contributed by atoms with van der Waals surface area (Å²) in [7, 11) is 0. The van der Waals surface area contributed by atoms with Gasteiger partial charge in [-0.1, -0.05) is 35.9 Å². The molecule has 0 aliphatic heterocycles. The minimum absolute atomic E-state index is 0.543. The number of tetrazole rings is 1. The van der Waals surface area contributed by atoms with Crippen LogP contribution < -0.4 is 0 Å². The third-order valence-corrected chi connectivity index (χ3v) is 4.12. The zero-order valence-electron chi connectivity index (χ0n) is 11.4. The van der Waals surface area contributed by atoms with Crippen LogP contribution in [0, 0.1) is 0 Å². The molecule has 0 saturated carbocycles. The summed E-state index contributed by atoms with van der Waals surface area (Å²) >= 11 is 7.86. The van der Waals surface area contributed by atoms with Gasteiger partial charge in [0.05, 0.1) is 11.6 Å². The van der Waals surface area contributed by atoms with Crippen molar-refractivity contribution in [3.8, 4) is 11.4 Å². The number of hydrogen-bond acceptors (Lipinski definition) is 4. The van der Waals surface area contributed by atoms with E-state index in [1.807, 2.05) is 24.3 Å². The van der Waals surface area contributed by atoms with Crippen molar-refractivity contribution in [1.82, 2.24) is 20.2 Å². The van der Waals surface area contributed by atoms with Gasteiger partial charge in [0.15, 0.2) is 0 Å². The minimum Gasteiger partial charge on any atom is -0.159 e. The molecule has 1 aromatic heterocycles. The van der Waals surface area contributed by atoms with Gasteiger partial charge in [-0.15, -0.1) is 22.0 Å². The second-order valence-electron chi connectivity index (χ2n) is 4.47. The maximum atomic E-state index is 6.14. The Kier molecular flexibility index (Phi) is 4.22. The van der Waals surface area contributed by atoms with E-state index in [4.69, 9.17) is 11.6 Å². The number of benzene rings is 2. The Bertz CT molecular complexity index is 739. The fourth-order valence-electron chi connectivity index (χ4n) is 1.95. The summed E-state index contributed by atoms with van der Waals surface area (Å²) in [6.07, 6.45) is 2.06. The van der Waals surface area contributed by atoms with Gasteiger partial charge in [-0.05, 0) is 41.3 Å². The van der Waals surface area contributed by atoms with Gasteiger partial charge < -0.3 is 0 Å². The summed E-state index contributed by atoms with van der Waals surface area (Å²) < 4.78 is 0. The Labute approximate surface area is 132 Å². The van der Waals surface area contributed by atoms with Crippen LogP contribution in [0.4, 0.5) is 0 Å². The fourth-order valence-corrected chi connectivity index (χ4v) is 2.58. The average molecular weight is 317 g/mol. The van der Waals surface area contributed by atoms with E-state index in [1.165, 1.54) is 4.90 Å². The number of rotatable bonds is 4. The molecule has 0 unspecified atom stereocenters. The maximum Gasteiger partial charge on any atom is 0.206 e. The lowest BCUT2D eigenvalue weighted by Gasteiger charge is -2.01. The molecule has 1 heterocycles. The van der Waals surface area contributed by atoms with Crippen LogP contribution in [0.5, 0.6) is 0 Å². The zero-order chi connectivity index (χ0) is 14.7. The van der Waals surface area contributed by atoms with E-state index in [9.17, 15) is 0 Å². The molecular formula is C15H13ClN4S. The van der Waals surface area contributed by atoms with Gasteiger partial charge in [0.1, 0.15) is 0 Å². The third-order valence-electron chi connectivity index (χ3n) is 3.05. The second kappa shape index (κ2) is 6.28. The van der Waals surface area contributed by atoms with Gasteiger partial charge in [0.25, 0.3) is 0 Å². The van der Waals surface area contributed by atoms with E-state index in [0.717, 1.165) is 11.1 Å². The number of halogens is 1. The molecule has 4 nitrogen and oxygen atoms in total. The number of aromatic nitrogens is 4. The highest BCUT2D eigenvalue weighted by Gasteiger charge is 2.09. The van der Waals surface area contributed by atoms with E-state index in [1.54, 1.807) is 16.6 Å². The van der Waals surface area contributed by atoms with Gasteiger partial charge in [-0.25, -0.2) is 0 Å². The van der Waals surface area contributed by atoms with Crippen molar-refractivity contribution in [2.45, 2.75) is 11.4 Å². The minimum atomic E-state index is 0.543. The van der Waals surface area contributed by atoms with Crippen LogP contribution in [0.2, 0.25) is 5.02 Å². The highest BCUT2D eigenvalue weighted by molar-refractivity contribution is 7.98. The van der Waals surface area contributed by atoms with Crippen molar-refractivity contribution in [3.63, 3.8) is 0 Å². The molecule has 0 N–H and O–H groups in total. The molecule has 2 aromatic carbocycles. The van der Waals surface area contributed by atoms with Crippen molar-refractivity contribution >= 4 is 23.4 Å². The zero-order valence-corrected chi connectivity index (χ0v) is 13.0. The Morgan fingerprint density at radius 2 is 1.86 bits per heavy atom. The van der Waals surface area contributed by atoms with Crippen LogP contribution in [-0.2, 0) is 6.54 Å². The highest BCUT2D eigenvalue weighted by atomic mass is 35.5. The van der Waals surface area contributed by atoms with Gasteiger partial charge >= 0.3 is 0 Å². The molecule has 3 rings (SSSR count). The second-order valence-corrected chi connectivity index (χ2v) is 5.76. The van der Waals surface area contributed by atoms with E-state index in [-0.39, 0.29) is 0 Å². The summed E-state index contributed by atoms with van der Waals surface area (Å²) in [6.45, 7) is 0.589. The van der Waals surface area contributed by atoms with Crippen LogP contribution in [0.1, 0.15) is 5.56 Å². The lowest BCUT2D eigenvalue weighted by Crippen LogP contribution is -2.03. The first-order chi connectivity index (χ1) is 10.3. The summed E-state index contributed by atoms with van der Waals surface area (Å²) in [5.41, 5.74) is 1.93. The molecular weight excluding hydrogens is 304 g/mol. The first kappa shape index (κ1) is 14.1. The Morgan fingerprint density at radius 1 is 1.10 bits per heavy atom. The molecule has 0 bridgehead atoms. The van der Waals surface area contributed by atoms with Crippen molar-refractivity contribution in [2.75, 3.05) is 6.26 Å². The molecule has 0 amide bonds. The average Bonchev–Trinajstić information content (AvgIpc) is 2.97. The van der Waals surface area contributed by atoms with Gasteiger partial charge in [0.2, 0.25) is 5.82 Å². The molecule has 0 atom stereocenters. The molecule has 0 radical (unpaired) electrons. The predicted molar refractivity (Wildman–Crippen MR) is 85.6 cm³/mol. The van der Waals surface area contributed by atoms with Crippen molar-refractivity contribution in [2.24, 2.45) is 0 Å². The quantitative estimate of drug-likeness (QED) is 0.687. The van der Waals surface area contributed by atoms with Crippen molar-refractivity contribution in [3.05, 3.63) is 59.1 Å². The van der Waals surface area contributed by atoms with Crippen LogP contribution in [0.3, 0.4) is 0 Å². The van der Waals surface area contributed by atoms with E-state index < -0.39 is 0 Å². The lowest BCUT2D eigenvalue weighted by molar-refractivity contribution is 0.572. The number of nitrogens with zero attached hydrogens (tertiary/aromatic N) is 4. The normalized spacial score (nSPS) is 10.8. The first-order valence-corrected chi connectivity index (χ1v) is 8.02. The molecule has 0 aliphatic carbocycles.